The number of nitrogens with one attached hydrogen (secondary N) is 1. The van der Waals surface area contributed by atoms with Crippen molar-refractivity contribution in [3.05, 3.63) is 40.1 Å². The molecule has 6 heteroatoms. The predicted octanol–water partition coefficient (Wildman–Crippen LogP) is 1.48. The van der Waals surface area contributed by atoms with Gasteiger partial charge in [0.2, 0.25) is 0 Å². The van der Waals surface area contributed by atoms with Gasteiger partial charge < -0.3 is 15.0 Å². The molecule has 104 valence electrons. The minimum absolute atomic E-state index is 0.0516. The number of nitrogens with zero attached hydrogens (tertiary/aromatic N) is 2. The van der Waals surface area contributed by atoms with Crippen molar-refractivity contribution in [1.29, 1.82) is 0 Å². The van der Waals surface area contributed by atoms with Crippen LogP contribution in [0.25, 0.3) is 0 Å². The zero-order valence-electron chi connectivity index (χ0n) is 11.1. The highest BCUT2D eigenvalue weighted by molar-refractivity contribution is 7.14. The molecule has 2 N–H and O–H groups in total. The molecule has 1 amide bonds. The lowest BCUT2D eigenvalue weighted by Gasteiger charge is -2.14. The van der Waals surface area contributed by atoms with Crippen LogP contribution in [0.4, 0.5) is 0 Å². The predicted molar refractivity (Wildman–Crippen MR) is 77.3 cm³/mol. The van der Waals surface area contributed by atoms with Crippen LogP contribution in [0.1, 0.15) is 26.8 Å². The van der Waals surface area contributed by atoms with E-state index in [0.717, 1.165) is 10.7 Å². The molecule has 20 heavy (non-hydrogen) atoms. The van der Waals surface area contributed by atoms with Crippen LogP contribution in [0.5, 0.6) is 0 Å². The first-order chi connectivity index (χ1) is 9.70. The number of H-pyrrole nitrogens is 1. The van der Waals surface area contributed by atoms with Gasteiger partial charge in [-0.1, -0.05) is 11.8 Å². The number of aromatic nitrogens is 2. The Morgan fingerprint density at radius 2 is 2.40 bits per heavy atom. The van der Waals surface area contributed by atoms with Crippen LogP contribution in [0.15, 0.2) is 24.5 Å². The Morgan fingerprint density at radius 1 is 1.55 bits per heavy atom. The summed E-state index contributed by atoms with van der Waals surface area (Å²) in [4.78, 5) is 22.4. The summed E-state index contributed by atoms with van der Waals surface area (Å²) in [7, 11) is 1.74. The van der Waals surface area contributed by atoms with Gasteiger partial charge in [0, 0.05) is 25.9 Å². The molecule has 0 aliphatic heterocycles. The minimum Gasteiger partial charge on any atom is -0.395 e. The number of imidazole rings is 1. The number of aliphatic hydroxyl groups is 1. The third-order valence-electron chi connectivity index (χ3n) is 2.55. The lowest BCUT2D eigenvalue weighted by Crippen LogP contribution is -2.25. The van der Waals surface area contributed by atoms with Crippen molar-refractivity contribution in [3.8, 4) is 11.8 Å². The van der Waals surface area contributed by atoms with Crippen LogP contribution in [0, 0.1) is 11.8 Å². The largest absolute Gasteiger partial charge is 0.395 e. The maximum absolute atomic E-state index is 12.2. The van der Waals surface area contributed by atoms with Crippen LogP contribution in [0.2, 0.25) is 0 Å². The molecule has 0 radical (unpaired) electrons. The number of aromatic amines is 1. The summed E-state index contributed by atoms with van der Waals surface area (Å²) >= 11 is 1.36. The van der Waals surface area contributed by atoms with E-state index in [1.165, 1.54) is 11.3 Å². The highest BCUT2D eigenvalue weighted by Gasteiger charge is 2.14. The third-order valence-corrected chi connectivity index (χ3v) is 3.54. The molecule has 5 nitrogen and oxygen atoms in total. The standard InChI is InChI=1S/C14H15N3O2S/c1-17(10-13-15-7-8-16-13)14(19)12-6-5-11(20-12)4-2-3-9-18/h5-8,18H,3,9-10H2,1H3,(H,15,16). The van der Waals surface area contributed by atoms with Crippen LogP contribution >= 0.6 is 11.3 Å². The van der Waals surface area contributed by atoms with E-state index in [4.69, 9.17) is 5.11 Å². The summed E-state index contributed by atoms with van der Waals surface area (Å²) in [6.45, 7) is 0.491. The molecule has 0 saturated carbocycles. The van der Waals surface area contributed by atoms with Gasteiger partial charge in [-0.05, 0) is 12.1 Å². The zero-order valence-corrected chi connectivity index (χ0v) is 11.9. The van der Waals surface area contributed by atoms with E-state index < -0.39 is 0 Å². The van der Waals surface area contributed by atoms with Crippen molar-refractivity contribution in [1.82, 2.24) is 14.9 Å². The van der Waals surface area contributed by atoms with Crippen LogP contribution < -0.4 is 0 Å². The molecule has 2 rings (SSSR count). The number of aliphatic hydroxyl groups excluding tert-OH is 1. The third kappa shape index (κ3) is 3.70. The average Bonchev–Trinajstić information content (AvgIpc) is 3.09. The molecule has 0 atom stereocenters. The zero-order chi connectivity index (χ0) is 14.4. The number of carbonyl (C=O) groups excluding carboxylic acids is 1. The van der Waals surface area contributed by atoms with Gasteiger partial charge in [-0.15, -0.1) is 11.3 Å². The molecule has 0 fully saturated rings. The number of thiophene rings is 1. The van der Waals surface area contributed by atoms with Gasteiger partial charge in [-0.25, -0.2) is 4.98 Å². The van der Waals surface area contributed by atoms with Crippen LogP contribution in [-0.2, 0) is 6.54 Å². The SMILES string of the molecule is CN(Cc1ncc[nH]1)C(=O)c1ccc(C#CCCO)s1. The Labute approximate surface area is 121 Å². The number of carbonyl (C=O) groups is 1. The highest BCUT2D eigenvalue weighted by Crippen LogP contribution is 2.17. The van der Waals surface area contributed by atoms with Crippen LogP contribution in [-0.4, -0.2) is 39.5 Å². The van der Waals surface area contributed by atoms with Gasteiger partial charge in [-0.2, -0.15) is 0 Å². The van der Waals surface area contributed by atoms with E-state index in [-0.39, 0.29) is 12.5 Å². The molecular weight excluding hydrogens is 274 g/mol. The molecule has 0 spiro atoms. The van der Waals surface area contributed by atoms with Crippen molar-refractivity contribution in [2.45, 2.75) is 13.0 Å². The molecule has 0 aliphatic rings. The van der Waals surface area contributed by atoms with Gasteiger partial charge in [0.05, 0.1) is 22.9 Å². The van der Waals surface area contributed by atoms with E-state index in [9.17, 15) is 4.79 Å². The Balaban J connectivity index is 2.00. The van der Waals surface area contributed by atoms with Gasteiger partial charge >= 0.3 is 0 Å². The molecule has 0 saturated heterocycles. The minimum atomic E-state index is -0.0541. The molecule has 0 aliphatic carbocycles. The summed E-state index contributed by atoms with van der Waals surface area (Å²) in [6, 6.07) is 3.59. The fourth-order valence-corrected chi connectivity index (χ4v) is 2.47. The number of hydrogen-bond acceptors (Lipinski definition) is 4. The fourth-order valence-electron chi connectivity index (χ4n) is 1.59. The Kier molecular flexibility index (Phi) is 4.93. The molecule has 0 bridgehead atoms. The Morgan fingerprint density at radius 3 is 3.10 bits per heavy atom. The van der Waals surface area contributed by atoms with Crippen LogP contribution in [0.3, 0.4) is 0 Å². The maximum Gasteiger partial charge on any atom is 0.264 e. The topological polar surface area (TPSA) is 69.2 Å². The first kappa shape index (κ1) is 14.3. The van der Waals surface area contributed by atoms with Gasteiger partial charge in [0.1, 0.15) is 5.82 Å². The molecule has 0 aromatic carbocycles. The van der Waals surface area contributed by atoms with E-state index in [2.05, 4.69) is 21.8 Å². The molecule has 2 aromatic heterocycles. The lowest BCUT2D eigenvalue weighted by molar-refractivity contribution is 0.0786. The van der Waals surface area contributed by atoms with Crippen molar-refractivity contribution in [2.75, 3.05) is 13.7 Å². The molecule has 2 heterocycles. The van der Waals surface area contributed by atoms with Gasteiger partial charge in [0.15, 0.2) is 0 Å². The Bertz CT molecular complexity index is 622. The normalized spacial score (nSPS) is 9.90. The average molecular weight is 289 g/mol. The van der Waals surface area contributed by atoms with Crippen molar-refractivity contribution in [2.24, 2.45) is 0 Å². The van der Waals surface area contributed by atoms with Gasteiger partial charge in [-0.3, -0.25) is 4.79 Å². The van der Waals surface area contributed by atoms with Crippen molar-refractivity contribution in [3.63, 3.8) is 0 Å². The summed E-state index contributed by atoms with van der Waals surface area (Å²) < 4.78 is 0. The van der Waals surface area contributed by atoms with E-state index >= 15 is 0 Å². The maximum atomic E-state index is 12.2. The quantitative estimate of drug-likeness (QED) is 0.838. The number of hydrogen-bond donors (Lipinski definition) is 2. The second kappa shape index (κ2) is 6.89. The summed E-state index contributed by atoms with van der Waals surface area (Å²) in [5.74, 6) is 6.46. The highest BCUT2D eigenvalue weighted by atomic mass is 32.1. The number of amides is 1. The lowest BCUT2D eigenvalue weighted by atomic mass is 10.3. The second-order valence-electron chi connectivity index (χ2n) is 4.14. The first-order valence-corrected chi connectivity index (χ1v) is 6.95. The molecule has 2 aromatic rings. The van der Waals surface area contributed by atoms with E-state index in [1.807, 2.05) is 6.07 Å². The second-order valence-corrected chi connectivity index (χ2v) is 5.22. The fraction of sp³-hybridized carbons (Fsp3) is 0.286. The summed E-state index contributed by atoms with van der Waals surface area (Å²) in [5.41, 5.74) is 0. The van der Waals surface area contributed by atoms with E-state index in [0.29, 0.717) is 17.8 Å². The smallest absolute Gasteiger partial charge is 0.264 e. The van der Waals surface area contributed by atoms with Gasteiger partial charge in [0.25, 0.3) is 5.91 Å². The molecule has 0 unspecified atom stereocenters. The Hall–Kier alpha value is -2.10. The van der Waals surface area contributed by atoms with E-state index in [1.54, 1.807) is 30.4 Å². The first-order valence-electron chi connectivity index (χ1n) is 6.14. The summed E-state index contributed by atoms with van der Waals surface area (Å²) in [5, 5.41) is 8.66. The van der Waals surface area contributed by atoms with Crippen molar-refractivity contribution < 1.29 is 9.90 Å². The van der Waals surface area contributed by atoms with Crippen molar-refractivity contribution >= 4 is 17.2 Å². The monoisotopic (exact) mass is 289 g/mol. The molecular formula is C14H15N3O2S. The summed E-state index contributed by atoms with van der Waals surface area (Å²) in [6.07, 6.45) is 3.83. The number of rotatable bonds is 4.